The lowest BCUT2D eigenvalue weighted by Gasteiger charge is -2.18. The number of nitrogens with zero attached hydrogens (tertiary/aromatic N) is 5. The van der Waals surface area contributed by atoms with Crippen LogP contribution in [0.1, 0.15) is 25.9 Å². The Hall–Kier alpha value is -1.73. The average Bonchev–Trinajstić information content (AvgIpc) is 3.02. The van der Waals surface area contributed by atoms with Crippen molar-refractivity contribution in [1.29, 1.82) is 0 Å². The molecule has 0 aromatic carbocycles. The summed E-state index contributed by atoms with van der Waals surface area (Å²) in [5.74, 6) is 0.00490. The molecule has 0 unspecified atom stereocenters. The van der Waals surface area contributed by atoms with Crippen LogP contribution in [-0.4, -0.2) is 57.7 Å². The zero-order valence-electron chi connectivity index (χ0n) is 13.2. The van der Waals surface area contributed by atoms with Gasteiger partial charge in [-0.2, -0.15) is 5.10 Å². The van der Waals surface area contributed by atoms with Gasteiger partial charge in [-0.05, 0) is 6.42 Å². The van der Waals surface area contributed by atoms with E-state index in [0.29, 0.717) is 5.01 Å². The molecule has 0 atom stereocenters. The second kappa shape index (κ2) is 6.18. The van der Waals surface area contributed by atoms with E-state index in [4.69, 9.17) is 0 Å². The minimum absolute atomic E-state index is 0.00490. The third-order valence-electron chi connectivity index (χ3n) is 3.85. The van der Waals surface area contributed by atoms with Crippen LogP contribution in [0, 0.1) is 0 Å². The predicted molar refractivity (Wildman–Crippen MR) is 86.0 cm³/mol. The Balaban J connectivity index is 1.66. The summed E-state index contributed by atoms with van der Waals surface area (Å²) in [5.41, 5.74) is 2.34. The highest BCUT2D eigenvalue weighted by Gasteiger charge is 2.21. The number of hydrogen-bond donors (Lipinski definition) is 0. The predicted octanol–water partition coefficient (Wildman–Crippen LogP) is 1.18. The Labute approximate surface area is 134 Å². The molecular weight excluding hydrogens is 298 g/mol. The number of amides is 1. The molecule has 0 N–H and O–H groups in total. The second-order valence-electron chi connectivity index (χ2n) is 5.89. The van der Waals surface area contributed by atoms with Crippen molar-refractivity contribution in [3.63, 3.8) is 0 Å². The molecule has 7 heteroatoms. The molecule has 0 saturated carbocycles. The van der Waals surface area contributed by atoms with E-state index in [1.165, 1.54) is 10.4 Å². The highest BCUT2D eigenvalue weighted by molar-refractivity contribution is 7.13. The van der Waals surface area contributed by atoms with Crippen molar-refractivity contribution in [1.82, 2.24) is 24.6 Å². The molecule has 22 heavy (non-hydrogen) atoms. The van der Waals surface area contributed by atoms with E-state index in [-0.39, 0.29) is 5.91 Å². The smallest absolute Gasteiger partial charge is 0.282 e. The lowest BCUT2D eigenvalue weighted by atomic mass is 10.2. The first-order valence-corrected chi connectivity index (χ1v) is 8.24. The lowest BCUT2D eigenvalue weighted by molar-refractivity contribution is 0.0827. The third-order valence-corrected chi connectivity index (χ3v) is 5.00. The molecular formula is C15H21N5OS. The maximum Gasteiger partial charge on any atom is 0.282 e. The Morgan fingerprint density at radius 2 is 2.14 bits per heavy atom. The Kier molecular flexibility index (Phi) is 4.26. The molecule has 0 saturated heterocycles. The molecule has 3 heterocycles. The summed E-state index contributed by atoms with van der Waals surface area (Å²) >= 11 is 1.55. The molecule has 2 aromatic heterocycles. The summed E-state index contributed by atoms with van der Waals surface area (Å²) < 4.78 is 1.84. The highest BCUT2D eigenvalue weighted by atomic mass is 32.1. The van der Waals surface area contributed by atoms with Gasteiger partial charge in [0.25, 0.3) is 5.91 Å². The van der Waals surface area contributed by atoms with Crippen molar-refractivity contribution in [3.8, 4) is 0 Å². The highest BCUT2D eigenvalue weighted by Crippen LogP contribution is 2.24. The minimum atomic E-state index is 0.00490. The quantitative estimate of drug-likeness (QED) is 0.852. The molecule has 0 radical (unpaired) electrons. The number of rotatable bonds is 3. The standard InChI is InChI=1S/C15H21N5OS/c1-18(2)15(21)14-17-12-4-6-20(7-5-13(12)22-14)10-11-8-16-19(3)9-11/h8-9H,4-7,10H2,1-3H3. The topological polar surface area (TPSA) is 54.3 Å². The molecule has 2 aromatic rings. The maximum absolute atomic E-state index is 12.0. The van der Waals surface area contributed by atoms with Crippen LogP contribution in [0.2, 0.25) is 0 Å². The SMILES string of the molecule is CN(C)C(=O)c1nc2c(s1)CCN(Cc1cnn(C)c1)CC2. The van der Waals surface area contributed by atoms with Crippen LogP contribution in [0.3, 0.4) is 0 Å². The van der Waals surface area contributed by atoms with Gasteiger partial charge in [-0.15, -0.1) is 11.3 Å². The zero-order chi connectivity index (χ0) is 15.7. The monoisotopic (exact) mass is 319 g/mol. The second-order valence-corrected chi connectivity index (χ2v) is 6.97. The molecule has 1 amide bonds. The largest absolute Gasteiger partial charge is 0.343 e. The van der Waals surface area contributed by atoms with Crippen LogP contribution in [-0.2, 0) is 26.4 Å². The van der Waals surface area contributed by atoms with Crippen molar-refractivity contribution in [2.75, 3.05) is 27.2 Å². The van der Waals surface area contributed by atoms with Crippen molar-refractivity contribution in [2.24, 2.45) is 7.05 Å². The van der Waals surface area contributed by atoms with Crippen molar-refractivity contribution >= 4 is 17.2 Å². The van der Waals surface area contributed by atoms with Gasteiger partial charge in [0, 0.05) is 63.8 Å². The van der Waals surface area contributed by atoms with Gasteiger partial charge in [-0.25, -0.2) is 4.98 Å². The van der Waals surface area contributed by atoms with Crippen LogP contribution < -0.4 is 0 Å². The summed E-state index contributed by atoms with van der Waals surface area (Å²) in [4.78, 5) is 21.9. The van der Waals surface area contributed by atoms with Gasteiger partial charge < -0.3 is 4.90 Å². The number of aromatic nitrogens is 3. The number of carbonyl (C=O) groups is 1. The molecule has 0 fully saturated rings. The van der Waals surface area contributed by atoms with Crippen LogP contribution in [0.25, 0.3) is 0 Å². The summed E-state index contributed by atoms with van der Waals surface area (Å²) in [5, 5.41) is 4.84. The molecule has 1 aliphatic rings. The average molecular weight is 319 g/mol. The number of hydrogen-bond acceptors (Lipinski definition) is 5. The van der Waals surface area contributed by atoms with E-state index in [1.54, 1.807) is 30.3 Å². The molecule has 118 valence electrons. The molecule has 0 spiro atoms. The van der Waals surface area contributed by atoms with Crippen LogP contribution >= 0.6 is 11.3 Å². The minimum Gasteiger partial charge on any atom is -0.343 e. The number of carbonyl (C=O) groups excluding carboxylic acids is 1. The Bertz CT molecular complexity index is 650. The fourth-order valence-corrected chi connectivity index (χ4v) is 3.78. The van der Waals surface area contributed by atoms with Gasteiger partial charge in [-0.1, -0.05) is 0 Å². The first-order valence-electron chi connectivity index (χ1n) is 7.43. The van der Waals surface area contributed by atoms with E-state index in [0.717, 1.165) is 38.2 Å². The zero-order valence-corrected chi connectivity index (χ0v) is 14.1. The lowest BCUT2D eigenvalue weighted by Crippen LogP contribution is -2.26. The normalized spacial score (nSPS) is 15.4. The van der Waals surface area contributed by atoms with Crippen molar-refractivity contribution < 1.29 is 4.79 Å². The molecule has 0 bridgehead atoms. The van der Waals surface area contributed by atoms with Gasteiger partial charge in [0.05, 0.1) is 11.9 Å². The molecule has 0 aliphatic carbocycles. The van der Waals surface area contributed by atoms with E-state index in [1.807, 2.05) is 17.9 Å². The first-order chi connectivity index (χ1) is 10.5. The van der Waals surface area contributed by atoms with Crippen molar-refractivity contribution in [3.05, 3.63) is 33.5 Å². The third kappa shape index (κ3) is 3.20. The molecule has 6 nitrogen and oxygen atoms in total. The van der Waals surface area contributed by atoms with Crippen LogP contribution in [0.4, 0.5) is 0 Å². The van der Waals surface area contributed by atoms with Gasteiger partial charge >= 0.3 is 0 Å². The molecule has 1 aliphatic heterocycles. The van der Waals surface area contributed by atoms with E-state index < -0.39 is 0 Å². The van der Waals surface area contributed by atoms with Gasteiger partial charge in [0.15, 0.2) is 5.01 Å². The van der Waals surface area contributed by atoms with Crippen LogP contribution in [0.5, 0.6) is 0 Å². The fourth-order valence-electron chi connectivity index (χ4n) is 2.66. The van der Waals surface area contributed by atoms with Gasteiger partial charge in [0.1, 0.15) is 0 Å². The summed E-state index contributed by atoms with van der Waals surface area (Å²) in [7, 11) is 5.48. The Morgan fingerprint density at radius 1 is 1.36 bits per heavy atom. The Morgan fingerprint density at radius 3 is 2.82 bits per heavy atom. The number of fused-ring (bicyclic) bond motifs is 1. The van der Waals surface area contributed by atoms with E-state index in [9.17, 15) is 4.79 Å². The summed E-state index contributed by atoms with van der Waals surface area (Å²) in [6, 6.07) is 0. The maximum atomic E-state index is 12.0. The van der Waals surface area contributed by atoms with E-state index >= 15 is 0 Å². The number of aryl methyl sites for hydroxylation is 1. The number of thiazole rings is 1. The summed E-state index contributed by atoms with van der Waals surface area (Å²) in [6.07, 6.45) is 5.86. The fraction of sp³-hybridized carbons (Fsp3) is 0.533. The van der Waals surface area contributed by atoms with Crippen LogP contribution in [0.15, 0.2) is 12.4 Å². The van der Waals surface area contributed by atoms with Gasteiger partial charge in [0.2, 0.25) is 0 Å². The van der Waals surface area contributed by atoms with E-state index in [2.05, 4.69) is 21.2 Å². The van der Waals surface area contributed by atoms with Crippen molar-refractivity contribution in [2.45, 2.75) is 19.4 Å². The van der Waals surface area contributed by atoms with Gasteiger partial charge in [-0.3, -0.25) is 14.4 Å². The summed E-state index contributed by atoms with van der Waals surface area (Å²) in [6.45, 7) is 2.90. The first kappa shape index (κ1) is 15.2. The molecule has 3 rings (SSSR count).